The van der Waals surface area contributed by atoms with E-state index >= 15 is 0 Å². The molecule has 2 aromatic heterocycles. The van der Waals surface area contributed by atoms with Gasteiger partial charge in [-0.25, -0.2) is 4.98 Å². The average molecular weight is 630 g/mol. The number of fused-ring (bicyclic) bond motifs is 1. The zero-order valence-electron chi connectivity index (χ0n) is 26.8. The molecule has 4 N–H and O–H groups in total. The Bertz CT molecular complexity index is 1130. The first kappa shape index (κ1) is 37.4. The van der Waals surface area contributed by atoms with Gasteiger partial charge in [0.05, 0.1) is 31.7 Å². The summed E-state index contributed by atoms with van der Waals surface area (Å²) in [6.07, 6.45) is 16.2. The molecule has 0 aromatic carbocycles. The van der Waals surface area contributed by atoms with E-state index in [1.165, 1.54) is 70.5 Å². The Hall–Kier alpha value is -1.82. The number of aromatic amines is 1. The highest BCUT2D eigenvalue weighted by molar-refractivity contribution is 7.52. The second-order valence-corrected chi connectivity index (χ2v) is 13.0. The normalized spacial score (nSPS) is 15.5. The van der Waals surface area contributed by atoms with Crippen LogP contribution in [0, 0.1) is 0 Å². The molecule has 0 aliphatic carbocycles. The fraction of sp³-hybridized carbons (Fsp3) is 0.833. The lowest BCUT2D eigenvalue weighted by atomic mass is 10.0. The summed E-state index contributed by atoms with van der Waals surface area (Å²) in [5, 5.41) is 0. The van der Waals surface area contributed by atoms with Gasteiger partial charge in [-0.3, -0.25) is 18.9 Å². The fourth-order valence-corrected chi connectivity index (χ4v) is 5.96. The maximum atomic E-state index is 12.9. The van der Waals surface area contributed by atoms with Crippen LogP contribution < -0.4 is 11.3 Å². The smallest absolute Gasteiger partial charge is 0.355 e. The van der Waals surface area contributed by atoms with Crippen molar-refractivity contribution in [2.45, 2.75) is 143 Å². The van der Waals surface area contributed by atoms with Gasteiger partial charge in [-0.05, 0) is 26.7 Å². The minimum Gasteiger partial charge on any atom is -0.379 e. The maximum Gasteiger partial charge on any atom is 0.355 e. The molecular formula is C30H56N5O7P. The molecule has 43 heavy (non-hydrogen) atoms. The van der Waals surface area contributed by atoms with E-state index in [9.17, 15) is 14.3 Å². The fourth-order valence-electron chi connectivity index (χ4n) is 4.94. The SMILES string of the molecule is CCCCCCCCCCCCCCC(C)OC(CC)OP(=O)(O)COC(COCC)Cn1cnc2c(=O)[nH]c(N)nc21. The highest BCUT2D eigenvalue weighted by atomic mass is 31.2. The molecule has 0 spiro atoms. The van der Waals surface area contributed by atoms with Crippen molar-refractivity contribution >= 4 is 24.7 Å². The average Bonchev–Trinajstić information content (AvgIpc) is 3.37. The molecule has 4 unspecified atom stereocenters. The van der Waals surface area contributed by atoms with Crippen LogP contribution in [0.25, 0.3) is 11.2 Å². The summed E-state index contributed by atoms with van der Waals surface area (Å²) >= 11 is 0. The van der Waals surface area contributed by atoms with E-state index in [1.807, 2.05) is 20.8 Å². The molecule has 0 aliphatic heterocycles. The Labute approximate surface area is 257 Å². The lowest BCUT2D eigenvalue weighted by Gasteiger charge is -2.25. The van der Waals surface area contributed by atoms with Gasteiger partial charge in [0, 0.05) is 6.61 Å². The number of anilines is 1. The standard InChI is InChI=1S/C30H56N5O7P/c1-5-8-9-10-11-12-13-14-15-16-17-18-19-24(4)41-26(6-2)42-43(37,38)23-40-25(21-39-7-3)20-35-22-32-27-28(35)33-30(31)34-29(27)36/h22,24-26H,5-21,23H2,1-4H3,(H,37,38)(H3,31,33,34,36). The van der Waals surface area contributed by atoms with Gasteiger partial charge in [0.25, 0.3) is 5.56 Å². The van der Waals surface area contributed by atoms with Gasteiger partial charge in [-0.15, -0.1) is 0 Å². The molecule has 2 rings (SSSR count). The summed E-state index contributed by atoms with van der Waals surface area (Å²) in [7, 11) is -4.14. The third-order valence-corrected chi connectivity index (χ3v) is 8.38. The second-order valence-electron chi connectivity index (χ2n) is 11.3. The van der Waals surface area contributed by atoms with E-state index in [-0.39, 0.29) is 36.4 Å². The van der Waals surface area contributed by atoms with E-state index in [2.05, 4.69) is 21.9 Å². The molecule has 0 amide bonds. The van der Waals surface area contributed by atoms with Crippen molar-refractivity contribution in [3.8, 4) is 0 Å². The molecule has 0 radical (unpaired) electrons. The second kappa shape index (κ2) is 21.0. The summed E-state index contributed by atoms with van der Waals surface area (Å²) in [4.78, 5) is 33.3. The van der Waals surface area contributed by atoms with Crippen molar-refractivity contribution in [2.75, 3.05) is 25.3 Å². The molecule has 12 nitrogen and oxygen atoms in total. The Balaban J connectivity index is 1.72. The minimum atomic E-state index is -4.14. The predicted octanol–water partition coefficient (Wildman–Crippen LogP) is 6.52. The number of nitrogen functional groups attached to an aromatic ring is 1. The zero-order chi connectivity index (χ0) is 31.5. The van der Waals surface area contributed by atoms with E-state index < -0.39 is 31.9 Å². The van der Waals surface area contributed by atoms with Crippen LogP contribution in [-0.2, 0) is 29.8 Å². The first-order valence-corrected chi connectivity index (χ1v) is 18.0. The van der Waals surface area contributed by atoms with Crippen LogP contribution in [-0.4, -0.2) is 62.5 Å². The third kappa shape index (κ3) is 15.1. The van der Waals surface area contributed by atoms with Crippen molar-refractivity contribution in [3.63, 3.8) is 0 Å². The topological polar surface area (TPSA) is 164 Å². The molecule has 13 heteroatoms. The predicted molar refractivity (Wildman–Crippen MR) is 170 cm³/mol. The number of nitrogens with zero attached hydrogens (tertiary/aromatic N) is 3. The van der Waals surface area contributed by atoms with Crippen molar-refractivity contribution in [3.05, 3.63) is 16.7 Å². The van der Waals surface area contributed by atoms with Gasteiger partial charge in [0.2, 0.25) is 5.95 Å². The van der Waals surface area contributed by atoms with Crippen LogP contribution in [0.5, 0.6) is 0 Å². The van der Waals surface area contributed by atoms with Gasteiger partial charge in [-0.1, -0.05) is 90.9 Å². The molecule has 0 fully saturated rings. The van der Waals surface area contributed by atoms with Crippen LogP contribution in [0.2, 0.25) is 0 Å². The zero-order valence-corrected chi connectivity index (χ0v) is 27.7. The van der Waals surface area contributed by atoms with Crippen molar-refractivity contribution in [1.29, 1.82) is 0 Å². The lowest BCUT2D eigenvalue weighted by Crippen LogP contribution is -2.27. The highest BCUT2D eigenvalue weighted by Gasteiger charge is 2.28. The van der Waals surface area contributed by atoms with E-state index in [0.717, 1.165) is 19.3 Å². The molecular weight excluding hydrogens is 573 g/mol. The number of imidazole rings is 1. The number of hydrogen-bond acceptors (Lipinski definition) is 9. The Morgan fingerprint density at radius 1 is 1.02 bits per heavy atom. The summed E-state index contributed by atoms with van der Waals surface area (Å²) in [5.41, 5.74) is 5.67. The molecule has 2 heterocycles. The molecule has 0 aliphatic rings. The number of nitrogens with one attached hydrogen (secondary N) is 1. The molecule has 0 bridgehead atoms. The molecule has 2 aromatic rings. The summed E-state index contributed by atoms with van der Waals surface area (Å²) in [6, 6.07) is 0. The summed E-state index contributed by atoms with van der Waals surface area (Å²) < 4.78 is 37.3. The molecule has 248 valence electrons. The number of hydrogen-bond donors (Lipinski definition) is 3. The molecule has 0 saturated heterocycles. The van der Waals surface area contributed by atoms with E-state index in [1.54, 1.807) is 4.57 Å². The first-order valence-electron chi connectivity index (χ1n) is 16.2. The van der Waals surface area contributed by atoms with Crippen LogP contribution in [0.4, 0.5) is 5.95 Å². The van der Waals surface area contributed by atoms with Gasteiger partial charge >= 0.3 is 7.60 Å². The number of unbranched alkanes of at least 4 members (excludes halogenated alkanes) is 11. The maximum absolute atomic E-state index is 12.9. The number of nitrogens with two attached hydrogens (primary N) is 1. The Morgan fingerprint density at radius 2 is 1.65 bits per heavy atom. The Kier molecular flexibility index (Phi) is 18.3. The number of H-pyrrole nitrogens is 1. The number of ether oxygens (including phenoxy) is 3. The van der Waals surface area contributed by atoms with Gasteiger partial charge in [0.1, 0.15) is 6.35 Å². The monoisotopic (exact) mass is 629 g/mol. The lowest BCUT2D eigenvalue weighted by molar-refractivity contribution is -0.123. The molecule has 4 atom stereocenters. The number of rotatable bonds is 26. The quantitative estimate of drug-likeness (QED) is 0.0593. The summed E-state index contributed by atoms with van der Waals surface area (Å²) in [6.45, 7) is 8.69. The molecule has 0 saturated carbocycles. The van der Waals surface area contributed by atoms with Crippen molar-refractivity contribution in [1.82, 2.24) is 19.5 Å². The van der Waals surface area contributed by atoms with Crippen LogP contribution >= 0.6 is 7.60 Å². The summed E-state index contributed by atoms with van der Waals surface area (Å²) in [5.74, 6) is -0.0339. The van der Waals surface area contributed by atoms with Crippen molar-refractivity contribution in [2.24, 2.45) is 0 Å². The van der Waals surface area contributed by atoms with Gasteiger partial charge < -0.3 is 29.4 Å². The highest BCUT2D eigenvalue weighted by Crippen LogP contribution is 2.44. The minimum absolute atomic E-state index is 0.0339. The number of aromatic nitrogens is 4. The van der Waals surface area contributed by atoms with Crippen molar-refractivity contribution < 1.29 is 28.2 Å². The third-order valence-electron chi connectivity index (χ3n) is 7.34. The largest absolute Gasteiger partial charge is 0.379 e. The first-order chi connectivity index (χ1) is 20.7. The van der Waals surface area contributed by atoms with E-state index in [0.29, 0.717) is 13.0 Å². The van der Waals surface area contributed by atoms with E-state index in [4.69, 9.17) is 24.5 Å². The van der Waals surface area contributed by atoms with Crippen LogP contribution in [0.15, 0.2) is 11.1 Å². The van der Waals surface area contributed by atoms with Crippen LogP contribution in [0.1, 0.15) is 118 Å². The van der Waals surface area contributed by atoms with Crippen LogP contribution in [0.3, 0.4) is 0 Å². The van der Waals surface area contributed by atoms with Gasteiger partial charge in [-0.2, -0.15) is 4.98 Å². The van der Waals surface area contributed by atoms with Gasteiger partial charge in [0.15, 0.2) is 17.5 Å². The Morgan fingerprint density at radius 3 is 2.26 bits per heavy atom.